The highest BCUT2D eigenvalue weighted by Gasteiger charge is 2.13. The summed E-state index contributed by atoms with van der Waals surface area (Å²) in [5.41, 5.74) is 1.13. The topological polar surface area (TPSA) is 45.9 Å². The van der Waals surface area contributed by atoms with Gasteiger partial charge in [0.1, 0.15) is 17.4 Å². The summed E-state index contributed by atoms with van der Waals surface area (Å²) in [6.07, 6.45) is 1.50. The van der Waals surface area contributed by atoms with E-state index in [-0.39, 0.29) is 0 Å². The second kappa shape index (κ2) is 5.72. The van der Waals surface area contributed by atoms with Gasteiger partial charge < -0.3 is 4.74 Å². The summed E-state index contributed by atoms with van der Waals surface area (Å²) < 4.78 is 6.75. The van der Waals surface area contributed by atoms with Gasteiger partial charge in [0.05, 0.1) is 10.5 Å². The second-order valence-corrected chi connectivity index (χ2v) is 5.63. The molecule has 0 aliphatic rings. The Morgan fingerprint density at radius 3 is 2.81 bits per heavy atom. The second-order valence-electron chi connectivity index (χ2n) is 4.31. The Balaban J connectivity index is 2.19. The number of fused-ring (bicyclic) bond motifs is 1. The van der Waals surface area contributed by atoms with Crippen molar-refractivity contribution in [2.75, 3.05) is 0 Å². The third-order valence-corrected chi connectivity index (χ3v) is 3.76. The highest BCUT2D eigenvalue weighted by Crippen LogP contribution is 2.36. The first-order chi connectivity index (χ1) is 10.2. The molecule has 1 heterocycles. The van der Waals surface area contributed by atoms with Gasteiger partial charge in [-0.05, 0) is 30.3 Å². The van der Waals surface area contributed by atoms with Crippen molar-refractivity contribution in [1.29, 1.82) is 5.26 Å². The minimum Gasteiger partial charge on any atom is -0.454 e. The summed E-state index contributed by atoms with van der Waals surface area (Å²) in [4.78, 5) is 4.25. The quantitative estimate of drug-likeness (QED) is 0.622. The summed E-state index contributed by atoms with van der Waals surface area (Å²) in [6.45, 7) is 0. The van der Waals surface area contributed by atoms with Crippen molar-refractivity contribution in [3.8, 4) is 17.6 Å². The van der Waals surface area contributed by atoms with Gasteiger partial charge in [-0.1, -0.05) is 39.7 Å². The number of pyridine rings is 1. The van der Waals surface area contributed by atoms with Crippen molar-refractivity contribution in [3.63, 3.8) is 0 Å². The highest BCUT2D eigenvalue weighted by molar-refractivity contribution is 9.10. The zero-order chi connectivity index (χ0) is 14.8. The van der Waals surface area contributed by atoms with Gasteiger partial charge in [0.2, 0.25) is 0 Å². The van der Waals surface area contributed by atoms with Crippen molar-refractivity contribution < 1.29 is 4.74 Å². The van der Waals surface area contributed by atoms with Crippen molar-refractivity contribution in [2.45, 2.75) is 0 Å². The minimum atomic E-state index is 0.366. The Morgan fingerprint density at radius 2 is 2.00 bits per heavy atom. The standard InChI is InChI=1S/C16H8BrClN2O/c17-11-5-6-13(18)15(7-11)21-16-10(8-19)9-20-14-4-2-1-3-12(14)16/h1-7,9H. The van der Waals surface area contributed by atoms with Crippen LogP contribution in [0.1, 0.15) is 5.56 Å². The monoisotopic (exact) mass is 358 g/mol. The Labute approximate surface area is 134 Å². The van der Waals surface area contributed by atoms with Crippen LogP contribution in [0.15, 0.2) is 53.1 Å². The Kier molecular flexibility index (Phi) is 3.78. The van der Waals surface area contributed by atoms with Crippen LogP contribution in [0.25, 0.3) is 10.9 Å². The fourth-order valence-corrected chi connectivity index (χ4v) is 2.47. The fraction of sp³-hybridized carbons (Fsp3) is 0. The van der Waals surface area contributed by atoms with E-state index < -0.39 is 0 Å². The maximum atomic E-state index is 9.27. The van der Waals surface area contributed by atoms with E-state index in [0.29, 0.717) is 22.1 Å². The number of nitrogens with zero attached hydrogens (tertiary/aromatic N) is 2. The van der Waals surface area contributed by atoms with Crippen LogP contribution in [-0.4, -0.2) is 4.98 Å². The molecule has 102 valence electrons. The zero-order valence-electron chi connectivity index (χ0n) is 10.7. The van der Waals surface area contributed by atoms with Crippen LogP contribution in [0.3, 0.4) is 0 Å². The molecule has 21 heavy (non-hydrogen) atoms. The average Bonchev–Trinajstić information content (AvgIpc) is 2.51. The number of rotatable bonds is 2. The molecule has 0 spiro atoms. The zero-order valence-corrected chi connectivity index (χ0v) is 13.0. The van der Waals surface area contributed by atoms with E-state index in [0.717, 1.165) is 15.4 Å². The van der Waals surface area contributed by atoms with Crippen LogP contribution in [-0.2, 0) is 0 Å². The summed E-state index contributed by atoms with van der Waals surface area (Å²) in [7, 11) is 0. The largest absolute Gasteiger partial charge is 0.454 e. The van der Waals surface area contributed by atoms with Gasteiger partial charge in [0.15, 0.2) is 5.75 Å². The van der Waals surface area contributed by atoms with Crippen LogP contribution in [0, 0.1) is 11.3 Å². The number of hydrogen-bond acceptors (Lipinski definition) is 3. The number of ether oxygens (including phenoxy) is 1. The third kappa shape index (κ3) is 2.71. The van der Waals surface area contributed by atoms with E-state index in [1.807, 2.05) is 30.3 Å². The molecule has 0 aliphatic carbocycles. The van der Waals surface area contributed by atoms with E-state index in [4.69, 9.17) is 16.3 Å². The molecule has 5 heteroatoms. The van der Waals surface area contributed by atoms with Gasteiger partial charge in [0, 0.05) is 16.1 Å². The van der Waals surface area contributed by atoms with Gasteiger partial charge in [-0.15, -0.1) is 0 Å². The maximum absolute atomic E-state index is 9.27. The lowest BCUT2D eigenvalue weighted by molar-refractivity contribution is 0.486. The third-order valence-electron chi connectivity index (χ3n) is 2.95. The van der Waals surface area contributed by atoms with Crippen LogP contribution < -0.4 is 4.74 Å². The van der Waals surface area contributed by atoms with E-state index in [9.17, 15) is 5.26 Å². The van der Waals surface area contributed by atoms with Crippen LogP contribution in [0.5, 0.6) is 11.5 Å². The number of aromatic nitrogens is 1. The molecule has 3 aromatic rings. The van der Waals surface area contributed by atoms with Gasteiger partial charge in [0.25, 0.3) is 0 Å². The first-order valence-corrected chi connectivity index (χ1v) is 7.27. The Bertz CT molecular complexity index is 874. The predicted octanol–water partition coefficient (Wildman–Crippen LogP) is 5.31. The summed E-state index contributed by atoms with van der Waals surface area (Å²) in [5, 5.41) is 10.5. The SMILES string of the molecule is N#Cc1cnc2ccccc2c1Oc1cc(Br)ccc1Cl. The summed E-state index contributed by atoms with van der Waals surface area (Å²) >= 11 is 9.53. The normalized spacial score (nSPS) is 10.3. The molecule has 0 saturated heterocycles. The maximum Gasteiger partial charge on any atom is 0.156 e. The number of nitriles is 1. The molecular weight excluding hydrogens is 352 g/mol. The van der Waals surface area contributed by atoms with Gasteiger partial charge in [-0.2, -0.15) is 5.26 Å². The Hall–Kier alpha value is -2.09. The Morgan fingerprint density at radius 1 is 1.19 bits per heavy atom. The van der Waals surface area contributed by atoms with Crippen molar-refractivity contribution in [3.05, 3.63) is 63.7 Å². The average molecular weight is 360 g/mol. The molecule has 0 aliphatic heterocycles. The van der Waals surface area contributed by atoms with E-state index in [1.54, 1.807) is 12.1 Å². The summed E-state index contributed by atoms with van der Waals surface area (Å²) in [5.74, 6) is 0.946. The van der Waals surface area contributed by atoms with Crippen LogP contribution >= 0.6 is 27.5 Å². The predicted molar refractivity (Wildman–Crippen MR) is 85.7 cm³/mol. The smallest absolute Gasteiger partial charge is 0.156 e. The van der Waals surface area contributed by atoms with Crippen molar-refractivity contribution in [2.24, 2.45) is 0 Å². The lowest BCUT2D eigenvalue weighted by atomic mass is 10.1. The van der Waals surface area contributed by atoms with Gasteiger partial charge in [-0.25, -0.2) is 0 Å². The molecule has 0 atom stereocenters. The van der Waals surface area contributed by atoms with E-state index >= 15 is 0 Å². The lowest BCUT2D eigenvalue weighted by Crippen LogP contribution is -1.93. The molecule has 0 bridgehead atoms. The minimum absolute atomic E-state index is 0.366. The molecule has 0 amide bonds. The molecule has 3 nitrogen and oxygen atoms in total. The molecule has 0 unspecified atom stereocenters. The first-order valence-electron chi connectivity index (χ1n) is 6.10. The molecule has 1 aromatic heterocycles. The van der Waals surface area contributed by atoms with Gasteiger partial charge >= 0.3 is 0 Å². The molecule has 3 rings (SSSR count). The van der Waals surface area contributed by atoms with E-state index in [2.05, 4.69) is 27.0 Å². The number of halogens is 2. The molecule has 0 N–H and O–H groups in total. The fourth-order valence-electron chi connectivity index (χ4n) is 1.97. The number of para-hydroxylation sites is 1. The molecule has 0 radical (unpaired) electrons. The first kappa shape index (κ1) is 13.9. The highest BCUT2D eigenvalue weighted by atomic mass is 79.9. The summed E-state index contributed by atoms with van der Waals surface area (Å²) in [6, 6.07) is 14.9. The van der Waals surface area contributed by atoms with Crippen molar-refractivity contribution in [1.82, 2.24) is 4.98 Å². The number of benzene rings is 2. The lowest BCUT2D eigenvalue weighted by Gasteiger charge is -2.11. The molecular formula is C16H8BrClN2O. The number of hydrogen-bond donors (Lipinski definition) is 0. The molecule has 0 fully saturated rings. The van der Waals surface area contributed by atoms with Gasteiger partial charge in [-0.3, -0.25) is 4.98 Å². The van der Waals surface area contributed by atoms with Crippen LogP contribution in [0.2, 0.25) is 5.02 Å². The molecule has 2 aromatic carbocycles. The van der Waals surface area contributed by atoms with Crippen LogP contribution in [0.4, 0.5) is 0 Å². The van der Waals surface area contributed by atoms with Crippen molar-refractivity contribution >= 4 is 38.4 Å². The molecule has 0 saturated carbocycles. The van der Waals surface area contributed by atoms with E-state index in [1.165, 1.54) is 6.20 Å².